The van der Waals surface area contributed by atoms with Gasteiger partial charge in [0.15, 0.2) is 5.82 Å². The second-order valence-electron chi connectivity index (χ2n) is 6.34. The fourth-order valence-electron chi connectivity index (χ4n) is 3.19. The van der Waals surface area contributed by atoms with Gasteiger partial charge in [-0.1, -0.05) is 30.3 Å². The van der Waals surface area contributed by atoms with E-state index in [1.807, 2.05) is 22.9 Å². The monoisotopic (exact) mass is 335 g/mol. The van der Waals surface area contributed by atoms with Crippen molar-refractivity contribution in [2.75, 3.05) is 6.54 Å². The Morgan fingerprint density at radius 3 is 2.64 bits per heavy atom. The Hall–Kier alpha value is -2.57. The molecular weight excluding hydrogens is 314 g/mol. The van der Waals surface area contributed by atoms with Gasteiger partial charge in [0, 0.05) is 31.0 Å². The lowest BCUT2D eigenvalue weighted by Crippen LogP contribution is -2.19. The molecule has 128 valence electrons. The Morgan fingerprint density at radius 2 is 1.92 bits per heavy atom. The number of β-amino-alcohol motifs (C(OH)–C–C–N with tert-alkyl or cyclic N) is 1. The molecule has 1 aromatic carbocycles. The van der Waals surface area contributed by atoms with Crippen molar-refractivity contribution in [1.82, 2.24) is 25.1 Å². The lowest BCUT2D eigenvalue weighted by Gasteiger charge is -2.11. The van der Waals surface area contributed by atoms with Crippen LogP contribution in [0.1, 0.15) is 23.9 Å². The highest BCUT2D eigenvalue weighted by atomic mass is 16.3. The molecule has 3 heterocycles. The molecule has 3 aromatic rings. The normalized spacial score (nSPS) is 20.0. The fraction of sp³-hybridized carbons (Fsp3) is 0.316. The van der Waals surface area contributed by atoms with Gasteiger partial charge in [-0.15, -0.1) is 0 Å². The van der Waals surface area contributed by atoms with Crippen LogP contribution in [0, 0.1) is 0 Å². The highest BCUT2D eigenvalue weighted by molar-refractivity contribution is 5.53. The summed E-state index contributed by atoms with van der Waals surface area (Å²) in [5.74, 6) is 1.59. The number of rotatable bonds is 5. The first-order valence-electron chi connectivity index (χ1n) is 8.60. The van der Waals surface area contributed by atoms with E-state index in [0.29, 0.717) is 18.8 Å². The van der Waals surface area contributed by atoms with Gasteiger partial charge in [-0.25, -0.2) is 9.67 Å². The Labute approximate surface area is 146 Å². The second-order valence-corrected chi connectivity index (χ2v) is 6.34. The first-order chi connectivity index (χ1) is 12.3. The number of hydrogen-bond acceptors (Lipinski definition) is 5. The van der Waals surface area contributed by atoms with Gasteiger partial charge in [0.2, 0.25) is 0 Å². The van der Waals surface area contributed by atoms with Crippen LogP contribution in [-0.2, 0) is 13.0 Å². The van der Waals surface area contributed by atoms with Crippen molar-refractivity contribution >= 4 is 0 Å². The molecule has 0 saturated carbocycles. The number of nitrogens with one attached hydrogen (secondary N) is 1. The SMILES string of the molecule is O[C@H]1CN[C@H](c2nc(-c3ccncc3)nn2CCc2ccccc2)C1. The summed E-state index contributed by atoms with van der Waals surface area (Å²) < 4.78 is 1.97. The average Bonchev–Trinajstić information content (AvgIpc) is 3.28. The minimum Gasteiger partial charge on any atom is -0.392 e. The second kappa shape index (κ2) is 7.13. The number of nitrogens with zero attached hydrogens (tertiary/aromatic N) is 4. The summed E-state index contributed by atoms with van der Waals surface area (Å²) in [5.41, 5.74) is 2.22. The molecule has 2 atom stereocenters. The van der Waals surface area contributed by atoms with Crippen LogP contribution in [-0.4, -0.2) is 37.5 Å². The maximum atomic E-state index is 9.86. The summed E-state index contributed by atoms with van der Waals surface area (Å²) in [5, 5.41) is 17.9. The third kappa shape index (κ3) is 3.60. The molecule has 1 aliphatic rings. The molecule has 1 saturated heterocycles. The number of aryl methyl sites for hydroxylation is 2. The van der Waals surface area contributed by atoms with E-state index in [4.69, 9.17) is 10.1 Å². The molecule has 0 bridgehead atoms. The van der Waals surface area contributed by atoms with Crippen molar-refractivity contribution in [3.8, 4) is 11.4 Å². The number of aliphatic hydroxyl groups excluding tert-OH is 1. The van der Waals surface area contributed by atoms with Crippen LogP contribution in [0.15, 0.2) is 54.9 Å². The number of aliphatic hydroxyl groups is 1. The highest BCUT2D eigenvalue weighted by Crippen LogP contribution is 2.25. The van der Waals surface area contributed by atoms with E-state index in [1.54, 1.807) is 12.4 Å². The van der Waals surface area contributed by atoms with Gasteiger partial charge in [-0.3, -0.25) is 4.98 Å². The molecule has 4 rings (SSSR count). The van der Waals surface area contributed by atoms with Gasteiger partial charge in [0.05, 0.1) is 12.1 Å². The molecule has 0 spiro atoms. The molecule has 1 aliphatic heterocycles. The summed E-state index contributed by atoms with van der Waals surface area (Å²) in [7, 11) is 0. The lowest BCUT2D eigenvalue weighted by molar-refractivity contribution is 0.192. The molecule has 1 fully saturated rings. The van der Waals surface area contributed by atoms with Crippen LogP contribution >= 0.6 is 0 Å². The predicted octanol–water partition coefficient (Wildman–Crippen LogP) is 1.98. The maximum absolute atomic E-state index is 9.86. The van der Waals surface area contributed by atoms with Crippen molar-refractivity contribution in [1.29, 1.82) is 0 Å². The Morgan fingerprint density at radius 1 is 1.12 bits per heavy atom. The first-order valence-corrected chi connectivity index (χ1v) is 8.60. The Bertz CT molecular complexity index is 818. The van der Waals surface area contributed by atoms with E-state index in [-0.39, 0.29) is 12.1 Å². The zero-order valence-corrected chi connectivity index (χ0v) is 13.9. The summed E-state index contributed by atoms with van der Waals surface area (Å²) in [6.45, 7) is 1.35. The van der Waals surface area contributed by atoms with E-state index in [1.165, 1.54) is 5.56 Å². The van der Waals surface area contributed by atoms with Crippen LogP contribution in [0.3, 0.4) is 0 Å². The Balaban J connectivity index is 1.62. The number of pyridine rings is 1. The highest BCUT2D eigenvalue weighted by Gasteiger charge is 2.28. The first kappa shape index (κ1) is 15.9. The molecule has 0 amide bonds. The minimum atomic E-state index is -0.325. The standard InChI is InChI=1S/C19H21N5O/c25-16-12-17(21-13-16)19-22-18(15-6-9-20-10-7-15)23-24(19)11-8-14-4-2-1-3-5-14/h1-7,9-10,16-17,21,25H,8,11-13H2/t16-,17+/m1/s1. The van der Waals surface area contributed by atoms with Gasteiger partial charge < -0.3 is 10.4 Å². The third-order valence-corrected chi connectivity index (χ3v) is 4.51. The van der Waals surface area contributed by atoms with Gasteiger partial charge in [0.1, 0.15) is 5.82 Å². The number of aromatic nitrogens is 4. The van der Waals surface area contributed by atoms with Gasteiger partial charge in [0.25, 0.3) is 0 Å². The summed E-state index contributed by atoms with van der Waals surface area (Å²) in [6.07, 6.45) is 4.73. The average molecular weight is 335 g/mol. The molecule has 0 unspecified atom stereocenters. The maximum Gasteiger partial charge on any atom is 0.181 e. The molecule has 2 aromatic heterocycles. The fourth-order valence-corrected chi connectivity index (χ4v) is 3.19. The van der Waals surface area contributed by atoms with Gasteiger partial charge in [-0.05, 0) is 30.5 Å². The van der Waals surface area contributed by atoms with E-state index < -0.39 is 0 Å². The molecule has 0 radical (unpaired) electrons. The van der Waals surface area contributed by atoms with Crippen LogP contribution in [0.5, 0.6) is 0 Å². The molecule has 6 heteroatoms. The zero-order chi connectivity index (χ0) is 17.1. The zero-order valence-electron chi connectivity index (χ0n) is 13.9. The van der Waals surface area contributed by atoms with Crippen LogP contribution in [0.2, 0.25) is 0 Å². The lowest BCUT2D eigenvalue weighted by atomic mass is 10.1. The molecule has 0 aliphatic carbocycles. The topological polar surface area (TPSA) is 75.9 Å². The van der Waals surface area contributed by atoms with E-state index in [9.17, 15) is 5.11 Å². The number of hydrogen-bond donors (Lipinski definition) is 2. The summed E-state index contributed by atoms with van der Waals surface area (Å²) >= 11 is 0. The van der Waals surface area contributed by atoms with Gasteiger partial charge >= 0.3 is 0 Å². The Kier molecular flexibility index (Phi) is 4.54. The molecule has 6 nitrogen and oxygen atoms in total. The van der Waals surface area contributed by atoms with Crippen LogP contribution in [0.25, 0.3) is 11.4 Å². The van der Waals surface area contributed by atoms with Crippen LogP contribution in [0.4, 0.5) is 0 Å². The van der Waals surface area contributed by atoms with E-state index in [2.05, 4.69) is 34.6 Å². The van der Waals surface area contributed by atoms with E-state index >= 15 is 0 Å². The smallest absolute Gasteiger partial charge is 0.181 e. The molecule has 2 N–H and O–H groups in total. The third-order valence-electron chi connectivity index (χ3n) is 4.51. The van der Waals surface area contributed by atoms with E-state index in [0.717, 1.165) is 24.4 Å². The van der Waals surface area contributed by atoms with Crippen molar-refractivity contribution in [3.05, 3.63) is 66.2 Å². The minimum absolute atomic E-state index is 0.0360. The predicted molar refractivity (Wildman–Crippen MR) is 94.8 cm³/mol. The van der Waals surface area contributed by atoms with Gasteiger partial charge in [-0.2, -0.15) is 5.10 Å². The van der Waals surface area contributed by atoms with Crippen molar-refractivity contribution in [2.45, 2.75) is 31.5 Å². The molecular formula is C19H21N5O. The van der Waals surface area contributed by atoms with Crippen molar-refractivity contribution in [3.63, 3.8) is 0 Å². The number of benzene rings is 1. The molecule has 25 heavy (non-hydrogen) atoms. The quantitative estimate of drug-likeness (QED) is 0.746. The van der Waals surface area contributed by atoms with Crippen molar-refractivity contribution < 1.29 is 5.11 Å². The summed E-state index contributed by atoms with van der Waals surface area (Å²) in [6, 6.07) is 14.2. The van der Waals surface area contributed by atoms with Crippen LogP contribution < -0.4 is 5.32 Å². The van der Waals surface area contributed by atoms with Crippen molar-refractivity contribution in [2.24, 2.45) is 0 Å². The summed E-state index contributed by atoms with van der Waals surface area (Å²) in [4.78, 5) is 8.82. The largest absolute Gasteiger partial charge is 0.392 e.